The van der Waals surface area contributed by atoms with E-state index in [0.717, 1.165) is 22.9 Å². The predicted molar refractivity (Wildman–Crippen MR) is 148 cm³/mol. The van der Waals surface area contributed by atoms with Gasteiger partial charge in [-0.1, -0.05) is 18.2 Å². The molecule has 0 aliphatic carbocycles. The van der Waals surface area contributed by atoms with E-state index in [0.29, 0.717) is 17.9 Å². The molecule has 0 heterocycles. The fraction of sp³-hybridized carbons (Fsp3) is 0.500. The minimum Gasteiger partial charge on any atom is -0.497 e. The normalized spacial score (nSPS) is 12.5. The van der Waals surface area contributed by atoms with Crippen LogP contribution in [-0.4, -0.2) is 56.6 Å². The Kier molecular flexibility index (Phi) is 10.1. The zero-order valence-electron chi connectivity index (χ0n) is 23.3. The number of carbonyl (C=O) groups is 2. The van der Waals surface area contributed by atoms with Crippen molar-refractivity contribution < 1.29 is 22.7 Å². The Morgan fingerprint density at radius 1 is 1.05 bits per heavy atom. The van der Waals surface area contributed by atoms with Crippen molar-refractivity contribution in [1.29, 1.82) is 0 Å². The summed E-state index contributed by atoms with van der Waals surface area (Å²) in [6, 6.07) is 12.2. The van der Waals surface area contributed by atoms with Crippen LogP contribution in [0.4, 0.5) is 5.69 Å². The summed E-state index contributed by atoms with van der Waals surface area (Å²) in [4.78, 5) is 27.9. The van der Waals surface area contributed by atoms with Crippen molar-refractivity contribution in [2.45, 2.75) is 72.5 Å². The lowest BCUT2D eigenvalue weighted by molar-refractivity contribution is -0.141. The molecule has 0 saturated carbocycles. The summed E-state index contributed by atoms with van der Waals surface area (Å²) in [5, 5.41) is 2.94. The van der Waals surface area contributed by atoms with Gasteiger partial charge in [0.05, 0.1) is 19.1 Å². The summed E-state index contributed by atoms with van der Waals surface area (Å²) in [5.74, 6) is 0.179. The van der Waals surface area contributed by atoms with E-state index in [1.165, 1.54) is 9.21 Å². The molecule has 0 aliphatic heterocycles. The molecule has 1 N–H and O–H groups in total. The molecule has 2 aromatic rings. The number of benzene rings is 2. The van der Waals surface area contributed by atoms with Crippen LogP contribution in [0.25, 0.3) is 0 Å². The van der Waals surface area contributed by atoms with Gasteiger partial charge >= 0.3 is 0 Å². The van der Waals surface area contributed by atoms with Crippen molar-refractivity contribution in [2.75, 3.05) is 24.2 Å². The fourth-order valence-corrected chi connectivity index (χ4v) is 4.87. The molecule has 2 amide bonds. The van der Waals surface area contributed by atoms with Gasteiger partial charge in [0, 0.05) is 25.0 Å². The number of methoxy groups -OCH3 is 1. The van der Waals surface area contributed by atoms with Gasteiger partial charge in [-0.2, -0.15) is 0 Å². The lowest BCUT2D eigenvalue weighted by Crippen LogP contribution is -2.52. The first-order valence-electron chi connectivity index (χ1n) is 12.4. The molecule has 9 heteroatoms. The summed E-state index contributed by atoms with van der Waals surface area (Å²) < 4.78 is 31.7. The highest BCUT2D eigenvalue weighted by Crippen LogP contribution is 2.23. The van der Waals surface area contributed by atoms with Crippen LogP contribution in [0.2, 0.25) is 0 Å². The zero-order valence-corrected chi connectivity index (χ0v) is 24.1. The third-order valence-electron chi connectivity index (χ3n) is 6.08. The molecule has 2 aromatic carbocycles. The second kappa shape index (κ2) is 12.4. The monoisotopic (exact) mass is 531 g/mol. The van der Waals surface area contributed by atoms with E-state index in [1.807, 2.05) is 71.0 Å². The van der Waals surface area contributed by atoms with Gasteiger partial charge in [0.2, 0.25) is 21.8 Å². The standard InChI is InChI=1S/C28H41N3O5S/c1-20-14-15-24(17-21(20)2)31(37(8,34)35)16-10-13-26(32)30(22(3)27(33)29-28(4,5)6)19-23-11-9-12-25(18-23)36-7/h9,11-12,14-15,17-18,22H,10,13,16,19H2,1-8H3,(H,29,33). The molecular formula is C28H41N3O5S. The summed E-state index contributed by atoms with van der Waals surface area (Å²) in [7, 11) is -1.97. The van der Waals surface area contributed by atoms with Crippen LogP contribution in [0.5, 0.6) is 5.75 Å². The highest BCUT2D eigenvalue weighted by atomic mass is 32.2. The number of rotatable bonds is 11. The first kappa shape index (κ1) is 30.2. The van der Waals surface area contributed by atoms with E-state index in [4.69, 9.17) is 4.74 Å². The third kappa shape index (κ3) is 9.07. The molecule has 0 fully saturated rings. The number of nitrogens with one attached hydrogen (secondary N) is 1. The Morgan fingerprint density at radius 2 is 1.73 bits per heavy atom. The second-order valence-electron chi connectivity index (χ2n) is 10.5. The predicted octanol–water partition coefficient (Wildman–Crippen LogP) is 4.19. The molecule has 0 spiro atoms. The molecular weight excluding hydrogens is 490 g/mol. The summed E-state index contributed by atoms with van der Waals surface area (Å²) in [5.41, 5.74) is 3.02. The van der Waals surface area contributed by atoms with Crippen LogP contribution >= 0.6 is 0 Å². The van der Waals surface area contributed by atoms with E-state index < -0.39 is 21.6 Å². The maximum atomic E-state index is 13.4. The molecule has 0 saturated heterocycles. The summed E-state index contributed by atoms with van der Waals surface area (Å²) >= 11 is 0. The van der Waals surface area contributed by atoms with Gasteiger partial charge in [-0.15, -0.1) is 0 Å². The number of ether oxygens (including phenoxy) is 1. The Labute approximate surface area is 222 Å². The van der Waals surface area contributed by atoms with Gasteiger partial charge in [0.25, 0.3) is 0 Å². The fourth-order valence-electron chi connectivity index (χ4n) is 3.91. The molecule has 0 bridgehead atoms. The number of aryl methyl sites for hydroxylation is 2. The van der Waals surface area contributed by atoms with Gasteiger partial charge in [-0.25, -0.2) is 8.42 Å². The number of sulfonamides is 1. The second-order valence-corrected chi connectivity index (χ2v) is 12.4. The van der Waals surface area contributed by atoms with Gasteiger partial charge in [-0.05, 0) is 88.9 Å². The highest BCUT2D eigenvalue weighted by molar-refractivity contribution is 7.92. The van der Waals surface area contributed by atoms with Crippen molar-refractivity contribution in [1.82, 2.24) is 10.2 Å². The quantitative estimate of drug-likeness (QED) is 0.469. The van der Waals surface area contributed by atoms with Crippen LogP contribution in [0, 0.1) is 13.8 Å². The molecule has 1 unspecified atom stereocenters. The van der Waals surface area contributed by atoms with E-state index >= 15 is 0 Å². The Hall–Kier alpha value is -3.07. The lowest BCUT2D eigenvalue weighted by atomic mass is 10.1. The maximum Gasteiger partial charge on any atom is 0.242 e. The van der Waals surface area contributed by atoms with Gasteiger partial charge in [-0.3, -0.25) is 13.9 Å². The molecule has 37 heavy (non-hydrogen) atoms. The molecule has 0 radical (unpaired) electrons. The first-order valence-corrected chi connectivity index (χ1v) is 14.3. The summed E-state index contributed by atoms with van der Waals surface area (Å²) in [6.07, 6.45) is 1.56. The highest BCUT2D eigenvalue weighted by Gasteiger charge is 2.28. The number of nitrogens with zero attached hydrogens (tertiary/aromatic N) is 2. The van der Waals surface area contributed by atoms with Gasteiger partial charge in [0.15, 0.2) is 0 Å². The molecule has 0 aliphatic rings. The number of carbonyl (C=O) groups excluding carboxylic acids is 2. The maximum absolute atomic E-state index is 13.4. The van der Waals surface area contributed by atoms with Crippen molar-refractivity contribution in [3.8, 4) is 5.75 Å². The Morgan fingerprint density at radius 3 is 2.30 bits per heavy atom. The zero-order chi connectivity index (χ0) is 28.0. The van der Waals surface area contributed by atoms with Gasteiger partial charge in [0.1, 0.15) is 11.8 Å². The van der Waals surface area contributed by atoms with Crippen LogP contribution in [0.1, 0.15) is 57.2 Å². The van der Waals surface area contributed by atoms with Crippen molar-refractivity contribution in [3.05, 3.63) is 59.2 Å². The van der Waals surface area contributed by atoms with Crippen LogP contribution in [-0.2, 0) is 26.2 Å². The summed E-state index contributed by atoms with van der Waals surface area (Å²) in [6.45, 7) is 11.6. The van der Waals surface area contributed by atoms with Crippen molar-refractivity contribution >= 4 is 27.5 Å². The third-order valence-corrected chi connectivity index (χ3v) is 7.28. The molecule has 204 valence electrons. The van der Waals surface area contributed by atoms with Crippen LogP contribution < -0.4 is 14.4 Å². The topological polar surface area (TPSA) is 96.0 Å². The SMILES string of the molecule is COc1cccc(CN(C(=O)CCCN(c2ccc(C)c(C)c2)S(C)(=O)=O)C(C)C(=O)NC(C)(C)C)c1. The number of hydrogen-bond donors (Lipinski definition) is 1. The van der Waals surface area contributed by atoms with Crippen LogP contribution in [0.15, 0.2) is 42.5 Å². The molecule has 8 nitrogen and oxygen atoms in total. The van der Waals surface area contributed by atoms with Gasteiger partial charge < -0.3 is 15.0 Å². The largest absolute Gasteiger partial charge is 0.497 e. The average molecular weight is 532 g/mol. The average Bonchev–Trinajstić information content (AvgIpc) is 2.80. The number of anilines is 1. The number of hydrogen-bond acceptors (Lipinski definition) is 5. The first-order chi connectivity index (χ1) is 17.1. The minimum atomic E-state index is -3.54. The lowest BCUT2D eigenvalue weighted by Gasteiger charge is -2.32. The molecule has 1 atom stereocenters. The molecule has 0 aromatic heterocycles. The van der Waals surface area contributed by atoms with E-state index in [1.54, 1.807) is 20.1 Å². The van der Waals surface area contributed by atoms with Crippen molar-refractivity contribution in [3.63, 3.8) is 0 Å². The van der Waals surface area contributed by atoms with Crippen molar-refractivity contribution in [2.24, 2.45) is 0 Å². The minimum absolute atomic E-state index is 0.0912. The Bertz CT molecular complexity index is 1200. The number of amides is 2. The van der Waals surface area contributed by atoms with Crippen LogP contribution in [0.3, 0.4) is 0 Å². The Balaban J connectivity index is 2.23. The smallest absolute Gasteiger partial charge is 0.242 e. The van der Waals surface area contributed by atoms with E-state index in [9.17, 15) is 18.0 Å². The van der Waals surface area contributed by atoms with E-state index in [-0.39, 0.29) is 31.3 Å². The molecule has 2 rings (SSSR count). The van der Waals surface area contributed by atoms with E-state index in [2.05, 4.69) is 5.32 Å².